The summed E-state index contributed by atoms with van der Waals surface area (Å²) >= 11 is 1.59. The molecule has 2 rings (SSSR count). The SMILES string of the molecule is CCCCc1ccc(SCC(NC(C)=O)C(=O)NCCc2ccccc2)cc1. The first-order chi connectivity index (χ1) is 13.6. The zero-order valence-electron chi connectivity index (χ0n) is 16.7. The van der Waals surface area contributed by atoms with E-state index in [-0.39, 0.29) is 11.8 Å². The first-order valence-corrected chi connectivity index (χ1v) is 10.9. The highest BCUT2D eigenvalue weighted by atomic mass is 32.2. The number of aryl methyl sites for hydroxylation is 1. The van der Waals surface area contributed by atoms with Gasteiger partial charge in [-0.3, -0.25) is 9.59 Å². The van der Waals surface area contributed by atoms with E-state index in [0.29, 0.717) is 12.3 Å². The van der Waals surface area contributed by atoms with Crippen LogP contribution in [0.5, 0.6) is 0 Å². The number of hydrogen-bond acceptors (Lipinski definition) is 3. The highest BCUT2D eigenvalue weighted by Crippen LogP contribution is 2.20. The normalized spacial score (nSPS) is 11.6. The van der Waals surface area contributed by atoms with E-state index in [1.54, 1.807) is 11.8 Å². The number of thioether (sulfide) groups is 1. The molecule has 0 spiro atoms. The van der Waals surface area contributed by atoms with Crippen LogP contribution in [-0.4, -0.2) is 30.2 Å². The van der Waals surface area contributed by atoms with Crippen molar-refractivity contribution in [3.05, 3.63) is 65.7 Å². The minimum atomic E-state index is -0.543. The molecule has 0 aliphatic carbocycles. The number of benzene rings is 2. The van der Waals surface area contributed by atoms with E-state index in [0.717, 1.165) is 17.7 Å². The van der Waals surface area contributed by atoms with Gasteiger partial charge in [0.05, 0.1) is 0 Å². The molecule has 150 valence electrons. The molecule has 1 atom stereocenters. The molecule has 0 bridgehead atoms. The van der Waals surface area contributed by atoms with Gasteiger partial charge < -0.3 is 10.6 Å². The number of nitrogens with one attached hydrogen (secondary N) is 2. The van der Waals surface area contributed by atoms with Crippen LogP contribution in [0.25, 0.3) is 0 Å². The minimum absolute atomic E-state index is 0.141. The predicted molar refractivity (Wildman–Crippen MR) is 117 cm³/mol. The first-order valence-electron chi connectivity index (χ1n) is 9.89. The average Bonchev–Trinajstić information content (AvgIpc) is 2.70. The van der Waals surface area contributed by atoms with Crippen LogP contribution in [-0.2, 0) is 22.4 Å². The lowest BCUT2D eigenvalue weighted by Gasteiger charge is -2.17. The molecule has 1 unspecified atom stereocenters. The third-order valence-electron chi connectivity index (χ3n) is 4.41. The zero-order chi connectivity index (χ0) is 20.2. The van der Waals surface area contributed by atoms with Crippen molar-refractivity contribution in [2.24, 2.45) is 0 Å². The predicted octanol–water partition coefficient (Wildman–Crippen LogP) is 3.98. The fourth-order valence-corrected chi connectivity index (χ4v) is 3.76. The molecule has 0 saturated heterocycles. The van der Waals surface area contributed by atoms with E-state index >= 15 is 0 Å². The Balaban J connectivity index is 1.84. The van der Waals surface area contributed by atoms with Gasteiger partial charge in [0.2, 0.25) is 11.8 Å². The molecule has 2 amide bonds. The Bertz CT molecular complexity index is 732. The van der Waals surface area contributed by atoms with Crippen molar-refractivity contribution in [3.63, 3.8) is 0 Å². The van der Waals surface area contributed by atoms with Crippen molar-refractivity contribution in [1.29, 1.82) is 0 Å². The quantitative estimate of drug-likeness (QED) is 0.563. The van der Waals surface area contributed by atoms with Gasteiger partial charge in [-0.05, 0) is 42.5 Å². The Morgan fingerprint density at radius 2 is 1.64 bits per heavy atom. The van der Waals surface area contributed by atoms with Crippen molar-refractivity contribution in [1.82, 2.24) is 10.6 Å². The van der Waals surface area contributed by atoms with Crippen LogP contribution < -0.4 is 10.6 Å². The molecule has 2 aromatic carbocycles. The van der Waals surface area contributed by atoms with Gasteiger partial charge in [0.15, 0.2) is 0 Å². The largest absolute Gasteiger partial charge is 0.354 e. The maximum atomic E-state index is 12.5. The summed E-state index contributed by atoms with van der Waals surface area (Å²) in [7, 11) is 0. The van der Waals surface area contributed by atoms with Gasteiger partial charge in [-0.25, -0.2) is 0 Å². The summed E-state index contributed by atoms with van der Waals surface area (Å²) < 4.78 is 0. The van der Waals surface area contributed by atoms with Crippen molar-refractivity contribution in [2.45, 2.75) is 50.5 Å². The molecule has 2 N–H and O–H groups in total. The van der Waals surface area contributed by atoms with Gasteiger partial charge in [0, 0.05) is 24.1 Å². The molecule has 0 aliphatic heterocycles. The standard InChI is InChI=1S/C23H30N2O2S/c1-3-4-8-20-11-13-21(14-12-20)28-17-22(25-18(2)26)23(27)24-16-15-19-9-6-5-7-10-19/h5-7,9-14,22H,3-4,8,15-17H2,1-2H3,(H,24,27)(H,25,26). The summed E-state index contributed by atoms with van der Waals surface area (Å²) in [5.74, 6) is 0.169. The molecule has 0 radical (unpaired) electrons. The van der Waals surface area contributed by atoms with Gasteiger partial charge in [0.1, 0.15) is 6.04 Å². The highest BCUT2D eigenvalue weighted by molar-refractivity contribution is 7.99. The molecule has 2 aromatic rings. The molecule has 0 heterocycles. The number of rotatable bonds is 11. The van der Waals surface area contributed by atoms with Crippen molar-refractivity contribution < 1.29 is 9.59 Å². The van der Waals surface area contributed by atoms with Crippen LogP contribution in [0, 0.1) is 0 Å². The van der Waals surface area contributed by atoms with E-state index in [9.17, 15) is 9.59 Å². The van der Waals surface area contributed by atoms with Crippen molar-refractivity contribution >= 4 is 23.6 Å². The van der Waals surface area contributed by atoms with E-state index < -0.39 is 6.04 Å². The van der Waals surface area contributed by atoms with E-state index in [4.69, 9.17) is 0 Å². The van der Waals surface area contributed by atoms with Crippen LogP contribution in [0.2, 0.25) is 0 Å². The Labute approximate surface area is 172 Å². The monoisotopic (exact) mass is 398 g/mol. The molecule has 0 saturated carbocycles. The highest BCUT2D eigenvalue weighted by Gasteiger charge is 2.19. The Morgan fingerprint density at radius 3 is 2.29 bits per heavy atom. The molecule has 0 aromatic heterocycles. The number of hydrogen-bond donors (Lipinski definition) is 2. The van der Waals surface area contributed by atoms with Crippen molar-refractivity contribution in [2.75, 3.05) is 12.3 Å². The fourth-order valence-electron chi connectivity index (χ4n) is 2.84. The second-order valence-electron chi connectivity index (χ2n) is 6.84. The molecule has 4 nitrogen and oxygen atoms in total. The van der Waals surface area contributed by atoms with Gasteiger partial charge >= 0.3 is 0 Å². The summed E-state index contributed by atoms with van der Waals surface area (Å²) in [5, 5.41) is 5.70. The summed E-state index contributed by atoms with van der Waals surface area (Å²) in [6.07, 6.45) is 4.25. The van der Waals surface area contributed by atoms with Crippen molar-refractivity contribution in [3.8, 4) is 0 Å². The Hall–Kier alpha value is -2.27. The van der Waals surface area contributed by atoms with Crippen LogP contribution in [0.3, 0.4) is 0 Å². The van der Waals surface area contributed by atoms with Crippen LogP contribution >= 0.6 is 11.8 Å². The zero-order valence-corrected chi connectivity index (χ0v) is 17.6. The second kappa shape index (κ2) is 12.2. The maximum absolute atomic E-state index is 12.5. The average molecular weight is 399 g/mol. The van der Waals surface area contributed by atoms with Gasteiger partial charge in [-0.1, -0.05) is 55.8 Å². The molecule has 28 heavy (non-hydrogen) atoms. The first kappa shape index (κ1) is 22.0. The summed E-state index contributed by atoms with van der Waals surface area (Å²) in [6.45, 7) is 4.18. The van der Waals surface area contributed by atoms with Gasteiger partial charge in [-0.2, -0.15) is 0 Å². The topological polar surface area (TPSA) is 58.2 Å². The van der Waals surface area contributed by atoms with Crippen LogP contribution in [0.15, 0.2) is 59.5 Å². The summed E-state index contributed by atoms with van der Waals surface area (Å²) in [4.78, 5) is 25.1. The Kier molecular flexibility index (Phi) is 9.63. The van der Waals surface area contributed by atoms with E-state index in [1.807, 2.05) is 30.3 Å². The fraction of sp³-hybridized carbons (Fsp3) is 0.391. The second-order valence-corrected chi connectivity index (χ2v) is 7.93. The number of carbonyl (C=O) groups is 2. The number of carbonyl (C=O) groups excluding carboxylic acids is 2. The smallest absolute Gasteiger partial charge is 0.243 e. The molecule has 0 fully saturated rings. The van der Waals surface area contributed by atoms with Gasteiger partial charge in [0.25, 0.3) is 0 Å². The van der Waals surface area contributed by atoms with Crippen LogP contribution in [0.4, 0.5) is 0 Å². The Morgan fingerprint density at radius 1 is 0.964 bits per heavy atom. The molecular weight excluding hydrogens is 368 g/mol. The van der Waals surface area contributed by atoms with E-state index in [1.165, 1.54) is 30.9 Å². The summed E-state index contributed by atoms with van der Waals surface area (Å²) in [6, 6.07) is 18.0. The number of unbranched alkanes of at least 4 members (excludes halogenated alkanes) is 1. The van der Waals surface area contributed by atoms with Gasteiger partial charge in [-0.15, -0.1) is 11.8 Å². The summed E-state index contributed by atoms with van der Waals surface area (Å²) in [5.41, 5.74) is 2.51. The van der Waals surface area contributed by atoms with Crippen LogP contribution in [0.1, 0.15) is 37.8 Å². The van der Waals surface area contributed by atoms with E-state index in [2.05, 4.69) is 41.8 Å². The lowest BCUT2D eigenvalue weighted by atomic mass is 10.1. The lowest BCUT2D eigenvalue weighted by Crippen LogP contribution is -2.48. The number of amides is 2. The molecule has 0 aliphatic rings. The maximum Gasteiger partial charge on any atom is 0.243 e. The third-order valence-corrected chi connectivity index (χ3v) is 5.51. The minimum Gasteiger partial charge on any atom is -0.354 e. The molecular formula is C23H30N2O2S. The molecule has 5 heteroatoms. The lowest BCUT2D eigenvalue weighted by molar-refractivity contribution is -0.127. The third kappa shape index (κ3) is 8.17.